The van der Waals surface area contributed by atoms with Gasteiger partial charge in [0.1, 0.15) is 12.4 Å². The van der Waals surface area contributed by atoms with E-state index in [1.54, 1.807) is 30.9 Å². The summed E-state index contributed by atoms with van der Waals surface area (Å²) < 4.78 is 15.2. The molecule has 0 N–H and O–H groups in total. The highest BCUT2D eigenvalue weighted by atomic mass is 19.1. The Labute approximate surface area is 163 Å². The Hall–Kier alpha value is -3.06. The summed E-state index contributed by atoms with van der Waals surface area (Å²) in [5.41, 5.74) is 3.27. The van der Waals surface area contributed by atoms with Crippen LogP contribution in [0, 0.1) is 5.82 Å². The van der Waals surface area contributed by atoms with E-state index in [1.165, 1.54) is 12.1 Å². The maximum absolute atomic E-state index is 13.3. The van der Waals surface area contributed by atoms with Gasteiger partial charge in [-0.2, -0.15) is 0 Å². The number of imidazole rings is 1. The van der Waals surface area contributed by atoms with Crippen molar-refractivity contribution in [2.75, 3.05) is 33.2 Å². The van der Waals surface area contributed by atoms with Crippen LogP contribution in [0.2, 0.25) is 0 Å². The van der Waals surface area contributed by atoms with Gasteiger partial charge in [0.2, 0.25) is 5.91 Å². The molecule has 0 bridgehead atoms. The zero-order chi connectivity index (χ0) is 19.5. The predicted octanol–water partition coefficient (Wildman–Crippen LogP) is 2.53. The number of nitrogens with zero attached hydrogens (tertiary/aromatic N) is 5. The summed E-state index contributed by atoms with van der Waals surface area (Å²) in [7, 11) is 2.06. The standard InChI is InChI=1S/C21H22FN5O/c1-25-10-12-26(13-11-25)19(28)14-27-15-24-20(16-2-4-18(22)5-3-16)21(27)17-6-8-23-9-7-17/h2-9,15H,10-14H2,1H3. The average Bonchev–Trinajstić information content (AvgIpc) is 3.13. The van der Waals surface area contributed by atoms with Crippen LogP contribution in [0.3, 0.4) is 0 Å². The molecule has 7 heteroatoms. The van der Waals surface area contributed by atoms with Gasteiger partial charge in [-0.05, 0) is 43.4 Å². The van der Waals surface area contributed by atoms with Gasteiger partial charge in [-0.15, -0.1) is 0 Å². The first-order valence-corrected chi connectivity index (χ1v) is 9.29. The lowest BCUT2D eigenvalue weighted by atomic mass is 10.1. The smallest absolute Gasteiger partial charge is 0.242 e. The number of amides is 1. The molecule has 0 atom stereocenters. The molecule has 3 heterocycles. The van der Waals surface area contributed by atoms with Gasteiger partial charge in [0.05, 0.1) is 17.7 Å². The zero-order valence-corrected chi connectivity index (χ0v) is 15.8. The maximum Gasteiger partial charge on any atom is 0.242 e. The van der Waals surface area contributed by atoms with E-state index in [0.717, 1.165) is 48.7 Å². The van der Waals surface area contributed by atoms with Crippen molar-refractivity contribution in [1.82, 2.24) is 24.3 Å². The molecule has 4 rings (SSSR count). The number of benzene rings is 1. The van der Waals surface area contributed by atoms with Gasteiger partial charge in [0, 0.05) is 49.7 Å². The van der Waals surface area contributed by atoms with Crippen molar-refractivity contribution in [2.24, 2.45) is 0 Å². The van der Waals surface area contributed by atoms with Crippen LogP contribution in [0.5, 0.6) is 0 Å². The molecule has 1 saturated heterocycles. The number of hydrogen-bond donors (Lipinski definition) is 0. The van der Waals surface area contributed by atoms with Crippen LogP contribution in [0.1, 0.15) is 0 Å². The van der Waals surface area contributed by atoms with E-state index < -0.39 is 0 Å². The van der Waals surface area contributed by atoms with Gasteiger partial charge in [0.15, 0.2) is 0 Å². The fourth-order valence-electron chi connectivity index (χ4n) is 3.44. The first-order chi connectivity index (χ1) is 13.6. The summed E-state index contributed by atoms with van der Waals surface area (Å²) in [5.74, 6) is -0.217. The molecule has 0 saturated carbocycles. The van der Waals surface area contributed by atoms with Gasteiger partial charge in [-0.3, -0.25) is 9.78 Å². The number of aromatic nitrogens is 3. The fourth-order valence-corrected chi connectivity index (χ4v) is 3.44. The number of halogens is 1. The Morgan fingerprint density at radius 1 is 1.00 bits per heavy atom. The van der Waals surface area contributed by atoms with E-state index in [9.17, 15) is 9.18 Å². The van der Waals surface area contributed by atoms with Gasteiger partial charge in [-0.25, -0.2) is 9.37 Å². The minimum atomic E-state index is -0.293. The molecule has 1 aliphatic rings. The van der Waals surface area contributed by atoms with Gasteiger partial charge >= 0.3 is 0 Å². The quantitative estimate of drug-likeness (QED) is 0.699. The van der Waals surface area contributed by atoms with Crippen molar-refractivity contribution in [3.63, 3.8) is 0 Å². The molecule has 1 aromatic carbocycles. The van der Waals surface area contributed by atoms with Crippen LogP contribution in [0.4, 0.5) is 4.39 Å². The summed E-state index contributed by atoms with van der Waals surface area (Å²) in [6, 6.07) is 10.0. The summed E-state index contributed by atoms with van der Waals surface area (Å²) in [4.78, 5) is 25.6. The summed E-state index contributed by atoms with van der Waals surface area (Å²) in [6.07, 6.45) is 5.11. The summed E-state index contributed by atoms with van der Waals surface area (Å²) in [5, 5.41) is 0. The number of carbonyl (C=O) groups is 1. The second kappa shape index (κ2) is 7.90. The molecule has 6 nitrogen and oxygen atoms in total. The average molecular weight is 379 g/mol. The van der Waals surface area contributed by atoms with Crippen LogP contribution in [0.15, 0.2) is 55.1 Å². The highest BCUT2D eigenvalue weighted by Crippen LogP contribution is 2.31. The third-order valence-corrected chi connectivity index (χ3v) is 5.07. The van der Waals surface area contributed by atoms with Crippen molar-refractivity contribution in [1.29, 1.82) is 0 Å². The Morgan fingerprint density at radius 2 is 1.68 bits per heavy atom. The molecule has 3 aromatic rings. The second-order valence-electron chi connectivity index (χ2n) is 7.00. The third-order valence-electron chi connectivity index (χ3n) is 5.07. The number of likely N-dealkylation sites (N-methyl/N-ethyl adjacent to an activating group) is 1. The summed E-state index contributed by atoms with van der Waals surface area (Å²) in [6.45, 7) is 3.45. The van der Waals surface area contributed by atoms with Crippen molar-refractivity contribution in [3.8, 4) is 22.5 Å². The Bertz CT molecular complexity index is 947. The fraction of sp³-hybridized carbons (Fsp3) is 0.286. The summed E-state index contributed by atoms with van der Waals surface area (Å²) >= 11 is 0. The molecule has 1 fully saturated rings. The monoisotopic (exact) mass is 379 g/mol. The zero-order valence-electron chi connectivity index (χ0n) is 15.8. The molecule has 2 aromatic heterocycles. The lowest BCUT2D eigenvalue weighted by Gasteiger charge is -2.32. The number of pyridine rings is 1. The van der Waals surface area contributed by atoms with E-state index in [0.29, 0.717) is 0 Å². The molecule has 1 aliphatic heterocycles. The molecule has 0 aliphatic carbocycles. The van der Waals surface area contributed by atoms with Crippen LogP contribution >= 0.6 is 0 Å². The van der Waals surface area contributed by atoms with E-state index in [1.807, 2.05) is 21.6 Å². The minimum absolute atomic E-state index is 0.0754. The van der Waals surface area contributed by atoms with E-state index in [-0.39, 0.29) is 18.3 Å². The SMILES string of the molecule is CN1CCN(C(=O)Cn2cnc(-c3ccc(F)cc3)c2-c2ccncc2)CC1. The van der Waals surface area contributed by atoms with Crippen molar-refractivity contribution >= 4 is 5.91 Å². The van der Waals surface area contributed by atoms with Crippen molar-refractivity contribution in [2.45, 2.75) is 6.54 Å². The minimum Gasteiger partial charge on any atom is -0.339 e. The molecule has 0 radical (unpaired) electrons. The van der Waals surface area contributed by atoms with E-state index in [2.05, 4.69) is 21.9 Å². The largest absolute Gasteiger partial charge is 0.339 e. The molecular formula is C21H22FN5O. The Balaban J connectivity index is 1.67. The number of piperazine rings is 1. The third kappa shape index (κ3) is 3.80. The Kier molecular flexibility index (Phi) is 5.16. The first-order valence-electron chi connectivity index (χ1n) is 9.29. The lowest BCUT2D eigenvalue weighted by molar-refractivity contribution is -0.133. The lowest BCUT2D eigenvalue weighted by Crippen LogP contribution is -2.48. The number of rotatable bonds is 4. The second-order valence-corrected chi connectivity index (χ2v) is 7.00. The molecule has 28 heavy (non-hydrogen) atoms. The van der Waals surface area contributed by atoms with Crippen LogP contribution < -0.4 is 0 Å². The van der Waals surface area contributed by atoms with Gasteiger partial charge < -0.3 is 14.4 Å². The van der Waals surface area contributed by atoms with Crippen LogP contribution in [-0.2, 0) is 11.3 Å². The topological polar surface area (TPSA) is 54.3 Å². The molecule has 1 amide bonds. The number of hydrogen-bond acceptors (Lipinski definition) is 4. The maximum atomic E-state index is 13.3. The number of carbonyl (C=O) groups excluding carboxylic acids is 1. The predicted molar refractivity (Wildman–Crippen MR) is 105 cm³/mol. The highest BCUT2D eigenvalue weighted by Gasteiger charge is 2.22. The van der Waals surface area contributed by atoms with Crippen LogP contribution in [-0.4, -0.2) is 63.5 Å². The van der Waals surface area contributed by atoms with Crippen molar-refractivity contribution in [3.05, 3.63) is 60.9 Å². The first kappa shape index (κ1) is 18.3. The van der Waals surface area contributed by atoms with E-state index >= 15 is 0 Å². The molecule has 0 spiro atoms. The molecule has 144 valence electrons. The highest BCUT2D eigenvalue weighted by molar-refractivity contribution is 5.81. The van der Waals surface area contributed by atoms with Gasteiger partial charge in [0.25, 0.3) is 0 Å². The molecule has 0 unspecified atom stereocenters. The van der Waals surface area contributed by atoms with E-state index in [4.69, 9.17) is 0 Å². The normalized spacial score (nSPS) is 15.0. The molecular weight excluding hydrogens is 357 g/mol. The Morgan fingerprint density at radius 3 is 2.36 bits per heavy atom. The van der Waals surface area contributed by atoms with Gasteiger partial charge in [-0.1, -0.05) is 0 Å². The van der Waals surface area contributed by atoms with Crippen LogP contribution in [0.25, 0.3) is 22.5 Å². The van der Waals surface area contributed by atoms with Crippen molar-refractivity contribution < 1.29 is 9.18 Å².